The first-order valence-corrected chi connectivity index (χ1v) is 8.16. The van der Waals surface area contributed by atoms with Gasteiger partial charge in [-0.3, -0.25) is 0 Å². The third-order valence-electron chi connectivity index (χ3n) is 4.04. The normalized spacial score (nSPS) is 15.5. The van der Waals surface area contributed by atoms with Gasteiger partial charge in [-0.25, -0.2) is 4.79 Å². The second-order valence-electron chi connectivity index (χ2n) is 7.43. The van der Waals surface area contributed by atoms with Crippen LogP contribution in [0, 0.1) is 5.41 Å². The van der Waals surface area contributed by atoms with Gasteiger partial charge in [0, 0.05) is 19.5 Å². The highest BCUT2D eigenvalue weighted by molar-refractivity contribution is 5.73. The van der Waals surface area contributed by atoms with Crippen LogP contribution in [0.4, 0.5) is 4.79 Å². The Morgan fingerprint density at radius 2 is 2.14 bits per heavy atom. The molecule has 1 heterocycles. The predicted molar refractivity (Wildman–Crippen MR) is 84.4 cm³/mol. The van der Waals surface area contributed by atoms with Gasteiger partial charge >= 0.3 is 6.03 Å². The highest BCUT2D eigenvalue weighted by Gasteiger charge is 2.25. The topological polar surface area (TPSA) is 71.3 Å². The Labute approximate surface area is 132 Å². The Hall–Kier alpha value is -1.59. The Balaban J connectivity index is 1.70. The van der Waals surface area contributed by atoms with E-state index < -0.39 is 0 Å². The molecule has 6 nitrogen and oxygen atoms in total. The first kappa shape index (κ1) is 16.8. The quantitative estimate of drug-likeness (QED) is 0.818. The van der Waals surface area contributed by atoms with Crippen molar-refractivity contribution in [2.75, 3.05) is 13.6 Å². The van der Waals surface area contributed by atoms with Gasteiger partial charge in [0.1, 0.15) is 0 Å². The van der Waals surface area contributed by atoms with Crippen LogP contribution in [0.1, 0.15) is 70.5 Å². The second-order valence-corrected chi connectivity index (χ2v) is 7.43. The number of nitrogens with zero attached hydrogens (tertiary/aromatic N) is 3. The van der Waals surface area contributed by atoms with E-state index in [2.05, 4.69) is 36.2 Å². The average molecular weight is 308 g/mol. The fourth-order valence-electron chi connectivity index (χ4n) is 2.39. The second kappa shape index (κ2) is 7.11. The highest BCUT2D eigenvalue weighted by atomic mass is 16.5. The smallest absolute Gasteiger partial charge is 0.317 e. The largest absolute Gasteiger partial charge is 0.339 e. The van der Waals surface area contributed by atoms with E-state index in [0.717, 1.165) is 31.6 Å². The molecule has 0 saturated heterocycles. The molecule has 22 heavy (non-hydrogen) atoms. The molecule has 2 rings (SSSR count). The minimum atomic E-state index is -0.0936. The lowest BCUT2D eigenvalue weighted by atomic mass is 9.85. The van der Waals surface area contributed by atoms with Crippen molar-refractivity contribution in [2.24, 2.45) is 5.41 Å². The summed E-state index contributed by atoms with van der Waals surface area (Å²) in [6.07, 6.45) is 5.57. The number of carbonyl (C=O) groups excluding carboxylic acids is 1. The lowest BCUT2D eigenvalue weighted by molar-refractivity contribution is 0.204. The van der Waals surface area contributed by atoms with Crippen molar-refractivity contribution in [1.29, 1.82) is 0 Å². The van der Waals surface area contributed by atoms with E-state index in [1.807, 2.05) is 0 Å². The monoisotopic (exact) mass is 308 g/mol. The van der Waals surface area contributed by atoms with Crippen LogP contribution in [0.5, 0.6) is 0 Å². The van der Waals surface area contributed by atoms with E-state index >= 15 is 0 Å². The molecule has 0 bridgehead atoms. The lowest BCUT2D eigenvalue weighted by Crippen LogP contribution is -2.37. The van der Waals surface area contributed by atoms with Crippen molar-refractivity contribution >= 4 is 6.03 Å². The molecule has 1 N–H and O–H groups in total. The van der Waals surface area contributed by atoms with Crippen LogP contribution in [0.15, 0.2) is 4.52 Å². The molecule has 0 aliphatic heterocycles. The van der Waals surface area contributed by atoms with Gasteiger partial charge < -0.3 is 14.7 Å². The van der Waals surface area contributed by atoms with Crippen molar-refractivity contribution in [3.8, 4) is 0 Å². The fraction of sp³-hybridized carbons (Fsp3) is 0.812. The molecule has 2 amide bonds. The van der Waals surface area contributed by atoms with E-state index in [-0.39, 0.29) is 6.03 Å². The zero-order valence-corrected chi connectivity index (χ0v) is 14.2. The summed E-state index contributed by atoms with van der Waals surface area (Å²) < 4.78 is 5.27. The molecule has 0 radical (unpaired) electrons. The summed E-state index contributed by atoms with van der Waals surface area (Å²) in [5.41, 5.74) is 0.305. The van der Waals surface area contributed by atoms with E-state index in [9.17, 15) is 4.79 Å². The van der Waals surface area contributed by atoms with Gasteiger partial charge in [-0.05, 0) is 31.1 Å². The summed E-state index contributed by atoms with van der Waals surface area (Å²) in [6, 6.07) is -0.0936. The van der Waals surface area contributed by atoms with Crippen molar-refractivity contribution in [1.82, 2.24) is 20.4 Å². The van der Waals surface area contributed by atoms with Crippen LogP contribution in [0.2, 0.25) is 0 Å². The summed E-state index contributed by atoms with van der Waals surface area (Å²) >= 11 is 0. The van der Waals surface area contributed by atoms with Crippen LogP contribution in [-0.2, 0) is 6.54 Å². The summed E-state index contributed by atoms with van der Waals surface area (Å²) in [7, 11) is 1.75. The molecule has 124 valence electrons. The maximum Gasteiger partial charge on any atom is 0.317 e. The summed E-state index contributed by atoms with van der Waals surface area (Å²) in [5.74, 6) is 1.73. The van der Waals surface area contributed by atoms with Gasteiger partial charge in [0.25, 0.3) is 0 Å². The van der Waals surface area contributed by atoms with Gasteiger partial charge in [0.05, 0.1) is 6.54 Å². The molecule has 0 unspecified atom stereocenters. The van der Waals surface area contributed by atoms with Gasteiger partial charge in [-0.15, -0.1) is 0 Å². The number of hydrogen-bond donors (Lipinski definition) is 1. The number of hydrogen-bond acceptors (Lipinski definition) is 4. The number of aromatic nitrogens is 2. The molecule has 0 atom stereocenters. The summed E-state index contributed by atoms with van der Waals surface area (Å²) in [6.45, 7) is 7.69. The van der Waals surface area contributed by atoms with Gasteiger partial charge in [-0.2, -0.15) is 4.98 Å². The predicted octanol–water partition coefficient (Wildman–Crippen LogP) is 3.30. The number of carbonyl (C=O) groups is 1. The minimum absolute atomic E-state index is 0.0936. The first-order valence-electron chi connectivity index (χ1n) is 8.16. The molecule has 1 aromatic heterocycles. The van der Waals surface area contributed by atoms with Crippen molar-refractivity contribution < 1.29 is 9.32 Å². The number of nitrogens with one attached hydrogen (secondary N) is 1. The highest BCUT2D eigenvalue weighted by Crippen LogP contribution is 2.35. The third-order valence-corrected chi connectivity index (χ3v) is 4.04. The standard InChI is InChI=1S/C16H28N4O2/c1-16(2,3)9-6-10-17-15(21)20(4)11-13-18-14(22-19-13)12-7-5-8-12/h12H,5-11H2,1-4H3,(H,17,21). The lowest BCUT2D eigenvalue weighted by Gasteiger charge is -2.20. The molecule has 1 fully saturated rings. The minimum Gasteiger partial charge on any atom is -0.339 e. The molecular weight excluding hydrogens is 280 g/mol. The SMILES string of the molecule is CN(Cc1noc(C2CCC2)n1)C(=O)NCCCC(C)(C)C. The maximum absolute atomic E-state index is 12.0. The summed E-state index contributed by atoms with van der Waals surface area (Å²) in [5, 5.41) is 6.89. The van der Waals surface area contributed by atoms with Gasteiger partial charge in [0.15, 0.2) is 5.82 Å². The molecule has 1 aliphatic rings. The zero-order chi connectivity index (χ0) is 16.2. The van der Waals surface area contributed by atoms with Crippen LogP contribution in [0.25, 0.3) is 0 Å². The Bertz CT molecular complexity index is 489. The Kier molecular flexibility index (Phi) is 5.42. The van der Waals surface area contributed by atoms with E-state index in [0.29, 0.717) is 30.2 Å². The van der Waals surface area contributed by atoms with E-state index in [1.165, 1.54) is 6.42 Å². The number of amides is 2. The van der Waals surface area contributed by atoms with Crippen molar-refractivity contribution in [3.05, 3.63) is 11.7 Å². The third kappa shape index (κ3) is 5.00. The van der Waals surface area contributed by atoms with Gasteiger partial charge in [0.2, 0.25) is 5.89 Å². The van der Waals surface area contributed by atoms with Crippen LogP contribution >= 0.6 is 0 Å². The number of rotatable bonds is 6. The summed E-state index contributed by atoms with van der Waals surface area (Å²) in [4.78, 5) is 18.0. The van der Waals surface area contributed by atoms with E-state index in [1.54, 1.807) is 11.9 Å². The average Bonchev–Trinajstić information content (AvgIpc) is 2.79. The molecule has 6 heteroatoms. The number of urea groups is 1. The Morgan fingerprint density at radius 1 is 1.41 bits per heavy atom. The maximum atomic E-state index is 12.0. The van der Waals surface area contributed by atoms with Crippen LogP contribution < -0.4 is 5.32 Å². The Morgan fingerprint density at radius 3 is 2.73 bits per heavy atom. The molecule has 1 aliphatic carbocycles. The van der Waals surface area contributed by atoms with Gasteiger partial charge in [-0.1, -0.05) is 32.3 Å². The van der Waals surface area contributed by atoms with Crippen molar-refractivity contribution in [3.63, 3.8) is 0 Å². The van der Waals surface area contributed by atoms with Crippen LogP contribution in [0.3, 0.4) is 0 Å². The molecule has 0 aromatic carbocycles. The van der Waals surface area contributed by atoms with Crippen molar-refractivity contribution in [2.45, 2.75) is 65.3 Å². The fourth-order valence-corrected chi connectivity index (χ4v) is 2.39. The molecular formula is C16H28N4O2. The molecule has 1 aromatic rings. The van der Waals surface area contributed by atoms with E-state index in [4.69, 9.17) is 4.52 Å². The molecule has 1 saturated carbocycles. The van der Waals surface area contributed by atoms with Crippen LogP contribution in [-0.4, -0.2) is 34.7 Å². The zero-order valence-electron chi connectivity index (χ0n) is 14.2. The molecule has 0 spiro atoms. The first-order chi connectivity index (χ1) is 10.3.